The molecule has 0 aliphatic carbocycles. The normalized spacial score (nSPS) is 18.3. The fraction of sp³-hybridized carbons (Fsp3) is 0.353. The Morgan fingerprint density at radius 1 is 1.32 bits per heavy atom. The third kappa shape index (κ3) is 3.14. The molecule has 0 spiro atoms. The smallest absolute Gasteiger partial charge is 0.356 e. The highest BCUT2D eigenvalue weighted by atomic mass is 16.5. The molecule has 1 aliphatic heterocycles. The first kappa shape index (κ1) is 14.7. The van der Waals surface area contributed by atoms with E-state index in [0.717, 1.165) is 30.8 Å². The number of hydrogen-bond donors (Lipinski definition) is 0. The molecule has 3 rings (SSSR count). The van der Waals surface area contributed by atoms with Crippen molar-refractivity contribution < 1.29 is 9.53 Å². The van der Waals surface area contributed by atoms with Crippen molar-refractivity contribution in [1.29, 1.82) is 0 Å². The highest BCUT2D eigenvalue weighted by Gasteiger charge is 2.27. The fourth-order valence-electron chi connectivity index (χ4n) is 2.92. The summed E-state index contributed by atoms with van der Waals surface area (Å²) in [7, 11) is 1.37. The van der Waals surface area contributed by atoms with Crippen molar-refractivity contribution in [2.75, 3.05) is 13.7 Å². The zero-order chi connectivity index (χ0) is 15.4. The first-order chi connectivity index (χ1) is 10.8. The van der Waals surface area contributed by atoms with Crippen LogP contribution in [-0.2, 0) is 11.3 Å². The van der Waals surface area contributed by atoms with Crippen LogP contribution in [0.1, 0.15) is 40.8 Å². The van der Waals surface area contributed by atoms with Gasteiger partial charge in [0, 0.05) is 12.7 Å². The van der Waals surface area contributed by atoms with Crippen molar-refractivity contribution in [3.8, 4) is 0 Å². The van der Waals surface area contributed by atoms with Crippen molar-refractivity contribution in [3.05, 3.63) is 59.7 Å². The molecule has 0 aromatic carbocycles. The number of methoxy groups -OCH3 is 1. The molecular formula is C17H19N3O2. The number of pyridine rings is 2. The van der Waals surface area contributed by atoms with Crippen molar-refractivity contribution in [2.45, 2.75) is 25.4 Å². The number of aromatic nitrogens is 2. The Hall–Kier alpha value is -2.27. The number of likely N-dealkylation sites (tertiary alicyclic amines) is 1. The lowest BCUT2D eigenvalue weighted by Crippen LogP contribution is -2.24. The van der Waals surface area contributed by atoms with Gasteiger partial charge in [0.25, 0.3) is 0 Å². The van der Waals surface area contributed by atoms with E-state index in [4.69, 9.17) is 4.74 Å². The molecule has 114 valence electrons. The lowest BCUT2D eigenvalue weighted by atomic mass is 10.1. The fourth-order valence-corrected chi connectivity index (χ4v) is 2.92. The van der Waals surface area contributed by atoms with Crippen molar-refractivity contribution >= 4 is 5.97 Å². The van der Waals surface area contributed by atoms with Crippen LogP contribution in [0.15, 0.2) is 42.6 Å². The summed E-state index contributed by atoms with van der Waals surface area (Å²) in [6.45, 7) is 1.73. The van der Waals surface area contributed by atoms with E-state index in [1.807, 2.05) is 30.5 Å². The molecule has 0 bridgehead atoms. The second kappa shape index (κ2) is 6.66. The van der Waals surface area contributed by atoms with Crippen LogP contribution in [0.25, 0.3) is 0 Å². The summed E-state index contributed by atoms with van der Waals surface area (Å²) in [5.74, 6) is -0.399. The molecule has 1 unspecified atom stereocenters. The summed E-state index contributed by atoms with van der Waals surface area (Å²) in [5, 5.41) is 0. The topological polar surface area (TPSA) is 55.3 Å². The number of carbonyl (C=O) groups excluding carboxylic acids is 1. The van der Waals surface area contributed by atoms with E-state index in [0.29, 0.717) is 18.3 Å². The molecule has 1 saturated heterocycles. The molecule has 22 heavy (non-hydrogen) atoms. The zero-order valence-corrected chi connectivity index (χ0v) is 12.6. The maximum atomic E-state index is 11.6. The van der Waals surface area contributed by atoms with Crippen LogP contribution in [0.3, 0.4) is 0 Å². The monoisotopic (exact) mass is 297 g/mol. The summed E-state index contributed by atoms with van der Waals surface area (Å²) >= 11 is 0. The lowest BCUT2D eigenvalue weighted by Gasteiger charge is -2.23. The van der Waals surface area contributed by atoms with E-state index in [1.54, 1.807) is 6.07 Å². The van der Waals surface area contributed by atoms with Gasteiger partial charge in [0.2, 0.25) is 0 Å². The van der Waals surface area contributed by atoms with Gasteiger partial charge >= 0.3 is 5.97 Å². The summed E-state index contributed by atoms with van der Waals surface area (Å²) in [4.78, 5) is 22.8. The molecule has 5 nitrogen and oxygen atoms in total. The maximum Gasteiger partial charge on any atom is 0.356 e. The average molecular weight is 297 g/mol. The molecule has 3 heterocycles. The highest BCUT2D eigenvalue weighted by Crippen LogP contribution is 2.31. The van der Waals surface area contributed by atoms with Crippen molar-refractivity contribution in [1.82, 2.24) is 14.9 Å². The summed E-state index contributed by atoms with van der Waals surface area (Å²) in [6.07, 6.45) is 4.09. The van der Waals surface area contributed by atoms with Gasteiger partial charge in [-0.3, -0.25) is 9.88 Å². The average Bonchev–Trinajstić information content (AvgIpc) is 3.03. The van der Waals surface area contributed by atoms with Crippen LogP contribution in [-0.4, -0.2) is 34.5 Å². The molecule has 0 radical (unpaired) electrons. The van der Waals surface area contributed by atoms with E-state index >= 15 is 0 Å². The minimum absolute atomic E-state index is 0.324. The number of esters is 1. The van der Waals surface area contributed by atoms with Gasteiger partial charge < -0.3 is 4.74 Å². The summed E-state index contributed by atoms with van der Waals surface area (Å²) < 4.78 is 4.73. The van der Waals surface area contributed by atoms with Gasteiger partial charge in [0.1, 0.15) is 5.69 Å². The Morgan fingerprint density at radius 3 is 3.00 bits per heavy atom. The zero-order valence-electron chi connectivity index (χ0n) is 12.6. The summed E-state index contributed by atoms with van der Waals surface area (Å²) in [6, 6.07) is 11.8. The predicted octanol–water partition coefficient (Wildman–Crippen LogP) is 2.60. The van der Waals surface area contributed by atoms with Gasteiger partial charge in [-0.05, 0) is 43.7 Å². The third-order valence-corrected chi connectivity index (χ3v) is 3.96. The quantitative estimate of drug-likeness (QED) is 0.812. The third-order valence-electron chi connectivity index (χ3n) is 3.96. The molecule has 1 aliphatic rings. The van der Waals surface area contributed by atoms with E-state index in [2.05, 4.69) is 20.9 Å². The standard InChI is InChI=1S/C17H19N3O2/c1-22-17(21)15-8-4-6-13(19-15)12-20-11-5-9-16(20)14-7-2-3-10-18-14/h2-4,6-8,10,16H,5,9,11-12H2,1H3. The van der Waals surface area contributed by atoms with E-state index in [-0.39, 0.29) is 0 Å². The van der Waals surface area contributed by atoms with E-state index < -0.39 is 5.97 Å². The first-order valence-corrected chi connectivity index (χ1v) is 7.47. The van der Waals surface area contributed by atoms with Gasteiger partial charge in [-0.2, -0.15) is 0 Å². The van der Waals surface area contributed by atoms with Crippen molar-refractivity contribution in [2.24, 2.45) is 0 Å². The second-order valence-electron chi connectivity index (χ2n) is 5.39. The Bertz CT molecular complexity index is 645. The van der Waals surface area contributed by atoms with Crippen molar-refractivity contribution in [3.63, 3.8) is 0 Å². The lowest BCUT2D eigenvalue weighted by molar-refractivity contribution is 0.0593. The molecule has 0 saturated carbocycles. The molecule has 0 amide bonds. The Balaban J connectivity index is 1.76. The Morgan fingerprint density at radius 2 is 2.23 bits per heavy atom. The minimum atomic E-state index is -0.399. The maximum absolute atomic E-state index is 11.6. The largest absolute Gasteiger partial charge is 0.464 e. The number of ether oxygens (including phenoxy) is 1. The molecule has 5 heteroatoms. The number of rotatable bonds is 4. The van der Waals surface area contributed by atoms with Crippen LogP contribution < -0.4 is 0 Å². The SMILES string of the molecule is COC(=O)c1cccc(CN2CCCC2c2ccccn2)n1. The van der Waals surface area contributed by atoms with Gasteiger partial charge in [0.05, 0.1) is 24.5 Å². The molecule has 1 fully saturated rings. The van der Waals surface area contributed by atoms with Crippen LogP contribution in [0.2, 0.25) is 0 Å². The summed E-state index contributed by atoms with van der Waals surface area (Å²) in [5.41, 5.74) is 2.34. The molecule has 1 atom stereocenters. The van der Waals surface area contributed by atoms with Gasteiger partial charge in [-0.15, -0.1) is 0 Å². The van der Waals surface area contributed by atoms with Gasteiger partial charge in [-0.1, -0.05) is 12.1 Å². The molecule has 0 N–H and O–H groups in total. The second-order valence-corrected chi connectivity index (χ2v) is 5.39. The first-order valence-electron chi connectivity index (χ1n) is 7.47. The van der Waals surface area contributed by atoms with E-state index in [1.165, 1.54) is 7.11 Å². The van der Waals surface area contributed by atoms with Gasteiger partial charge in [0.15, 0.2) is 0 Å². The van der Waals surface area contributed by atoms with E-state index in [9.17, 15) is 4.79 Å². The van der Waals surface area contributed by atoms with Crippen LogP contribution in [0.4, 0.5) is 0 Å². The molecular weight excluding hydrogens is 278 g/mol. The van der Waals surface area contributed by atoms with Crippen LogP contribution in [0.5, 0.6) is 0 Å². The van der Waals surface area contributed by atoms with Crippen LogP contribution in [0, 0.1) is 0 Å². The number of carbonyl (C=O) groups is 1. The predicted molar refractivity (Wildman–Crippen MR) is 82.2 cm³/mol. The Labute approximate surface area is 130 Å². The highest BCUT2D eigenvalue weighted by molar-refractivity contribution is 5.87. The number of nitrogens with zero attached hydrogens (tertiary/aromatic N) is 3. The van der Waals surface area contributed by atoms with Crippen LogP contribution >= 0.6 is 0 Å². The number of hydrogen-bond acceptors (Lipinski definition) is 5. The minimum Gasteiger partial charge on any atom is -0.464 e. The Kier molecular flexibility index (Phi) is 4.44. The van der Waals surface area contributed by atoms with Gasteiger partial charge in [-0.25, -0.2) is 9.78 Å². The molecule has 2 aromatic rings. The molecule has 2 aromatic heterocycles.